The van der Waals surface area contributed by atoms with Crippen molar-refractivity contribution in [2.75, 3.05) is 0 Å². The fourth-order valence-electron chi connectivity index (χ4n) is 7.55. The van der Waals surface area contributed by atoms with Crippen molar-refractivity contribution in [3.8, 4) is 28.5 Å². The van der Waals surface area contributed by atoms with Gasteiger partial charge < -0.3 is 4.74 Å². The van der Waals surface area contributed by atoms with Gasteiger partial charge in [-0.1, -0.05) is 115 Å². The number of ether oxygens (including phenoxy) is 1. The second-order valence-corrected chi connectivity index (χ2v) is 13.7. The molecule has 0 fully saturated rings. The van der Waals surface area contributed by atoms with E-state index < -0.39 is 0 Å². The summed E-state index contributed by atoms with van der Waals surface area (Å²) in [5.41, 5.74) is 5.72. The van der Waals surface area contributed by atoms with Crippen molar-refractivity contribution in [2.24, 2.45) is 0 Å². The maximum Gasteiger partial charge on any atom is 0.164 e. The van der Waals surface area contributed by atoms with Gasteiger partial charge >= 0.3 is 0 Å². The minimum atomic E-state index is -0.00893. The number of allylic oxidation sites excluding steroid dienone is 6. The number of aromatic nitrogens is 3. The summed E-state index contributed by atoms with van der Waals surface area (Å²) in [6.45, 7) is 0. The van der Waals surface area contributed by atoms with Gasteiger partial charge in [0.05, 0.1) is 5.92 Å². The number of rotatable bonds is 4. The molecule has 0 spiro atoms. The topological polar surface area (TPSA) is 47.9 Å². The molecule has 3 heterocycles. The van der Waals surface area contributed by atoms with Gasteiger partial charge in [-0.25, -0.2) is 15.0 Å². The van der Waals surface area contributed by atoms with E-state index in [0.717, 1.165) is 34.5 Å². The van der Waals surface area contributed by atoms with Gasteiger partial charge in [-0.3, -0.25) is 0 Å². The van der Waals surface area contributed by atoms with Crippen molar-refractivity contribution in [3.63, 3.8) is 0 Å². The van der Waals surface area contributed by atoms with Crippen LogP contribution in [-0.4, -0.2) is 21.1 Å². The first-order valence-corrected chi connectivity index (χ1v) is 17.3. The van der Waals surface area contributed by atoms with E-state index in [9.17, 15) is 0 Å². The van der Waals surface area contributed by atoms with Crippen LogP contribution in [0.1, 0.15) is 35.2 Å². The van der Waals surface area contributed by atoms with Crippen molar-refractivity contribution < 1.29 is 4.74 Å². The van der Waals surface area contributed by atoms with Crippen molar-refractivity contribution in [1.29, 1.82) is 0 Å². The van der Waals surface area contributed by atoms with E-state index in [4.69, 9.17) is 19.7 Å². The van der Waals surface area contributed by atoms with Crippen molar-refractivity contribution in [1.82, 2.24) is 15.0 Å². The van der Waals surface area contributed by atoms with E-state index in [1.807, 2.05) is 17.4 Å². The van der Waals surface area contributed by atoms with Crippen LogP contribution in [0.15, 0.2) is 146 Å². The molecule has 2 aromatic heterocycles. The maximum absolute atomic E-state index is 6.37. The third kappa shape index (κ3) is 4.39. The lowest BCUT2D eigenvalue weighted by Crippen LogP contribution is -2.19. The normalized spacial score (nSPS) is 19.4. The first-order chi connectivity index (χ1) is 23.8. The number of benzene rings is 5. The van der Waals surface area contributed by atoms with E-state index in [1.54, 1.807) is 0 Å². The van der Waals surface area contributed by atoms with E-state index >= 15 is 0 Å². The molecule has 3 atom stereocenters. The van der Waals surface area contributed by atoms with Gasteiger partial charge in [0.25, 0.3) is 0 Å². The van der Waals surface area contributed by atoms with E-state index in [0.29, 0.717) is 11.6 Å². The fourth-order valence-corrected chi connectivity index (χ4v) is 8.70. The predicted octanol–water partition coefficient (Wildman–Crippen LogP) is 10.8. The first-order valence-electron chi connectivity index (χ1n) is 16.5. The molecule has 5 aromatic carbocycles. The SMILES string of the molecule is C1=CCC(c2nc(-c3ccc4c(c3)sc3ccccc34)nc(-c3ccc(C4=CC=CC5Oc6ccccc6C45)c4ccccc34)n2)C=C1. The lowest BCUT2D eigenvalue weighted by molar-refractivity contribution is 0.271. The summed E-state index contributed by atoms with van der Waals surface area (Å²) in [6, 6.07) is 36.7. The third-order valence-corrected chi connectivity index (χ3v) is 11.0. The standard InChI is InChI=1S/C43H29N3OS/c1-2-11-26(12-3-1)41-44-42(27-21-22-32-31-15-7-9-20-38(31)48-39(32)25-27)46-43(45-41)34-24-23-30(28-13-4-5-14-29(28)34)33-17-10-19-37-40(33)35-16-6-8-18-36(35)47-37/h1-11,13-26,37,40H,12H2. The highest BCUT2D eigenvalue weighted by Crippen LogP contribution is 2.49. The second kappa shape index (κ2) is 11.0. The average molecular weight is 636 g/mol. The van der Waals surface area contributed by atoms with Crippen molar-refractivity contribution >= 4 is 47.9 Å². The lowest BCUT2D eigenvalue weighted by Gasteiger charge is -2.24. The number of nitrogens with zero attached hydrogens (tertiary/aromatic N) is 3. The molecule has 48 heavy (non-hydrogen) atoms. The summed E-state index contributed by atoms with van der Waals surface area (Å²) >= 11 is 1.81. The van der Waals surface area contributed by atoms with Gasteiger partial charge in [-0.2, -0.15) is 0 Å². The number of fused-ring (bicyclic) bond motifs is 7. The van der Waals surface area contributed by atoms with Crippen LogP contribution in [0, 0.1) is 0 Å². The van der Waals surface area contributed by atoms with Crippen molar-refractivity contribution in [3.05, 3.63) is 163 Å². The Bertz CT molecular complexity index is 2560. The van der Waals surface area contributed by atoms with Crippen LogP contribution in [-0.2, 0) is 0 Å². The quantitative estimate of drug-likeness (QED) is 0.193. The number of hydrogen-bond donors (Lipinski definition) is 0. The molecule has 5 heteroatoms. The highest BCUT2D eigenvalue weighted by atomic mass is 32.1. The first kappa shape index (κ1) is 27.5. The summed E-state index contributed by atoms with van der Waals surface area (Å²) in [5.74, 6) is 3.40. The third-order valence-electron chi connectivity index (χ3n) is 9.84. The van der Waals surface area contributed by atoms with Crippen LogP contribution in [0.2, 0.25) is 0 Å². The Hall–Kier alpha value is -5.65. The molecule has 7 aromatic rings. The second-order valence-electron chi connectivity index (χ2n) is 12.6. The van der Waals surface area contributed by atoms with Gasteiger partial charge in [0.2, 0.25) is 0 Å². The minimum absolute atomic E-state index is 0.00893. The Morgan fingerprint density at radius 2 is 1.40 bits per heavy atom. The molecule has 228 valence electrons. The molecule has 10 rings (SSSR count). The molecule has 3 aliphatic rings. The van der Waals surface area contributed by atoms with E-state index in [2.05, 4.69) is 140 Å². The van der Waals surface area contributed by atoms with Crippen LogP contribution in [0.4, 0.5) is 0 Å². The highest BCUT2D eigenvalue weighted by Gasteiger charge is 2.37. The monoisotopic (exact) mass is 635 g/mol. The molecule has 0 bridgehead atoms. The number of para-hydroxylation sites is 1. The number of thiophene rings is 1. The molecular weight excluding hydrogens is 607 g/mol. The molecule has 0 saturated carbocycles. The molecule has 0 N–H and O–H groups in total. The highest BCUT2D eigenvalue weighted by molar-refractivity contribution is 7.25. The van der Waals surface area contributed by atoms with Gasteiger partial charge in [-0.15, -0.1) is 11.3 Å². The molecule has 1 aliphatic heterocycles. The maximum atomic E-state index is 6.37. The average Bonchev–Trinajstić information content (AvgIpc) is 3.73. The van der Waals surface area contributed by atoms with Crippen LogP contribution < -0.4 is 4.74 Å². The zero-order chi connectivity index (χ0) is 31.6. The van der Waals surface area contributed by atoms with Gasteiger partial charge in [0.1, 0.15) is 17.7 Å². The van der Waals surface area contributed by atoms with E-state index in [-0.39, 0.29) is 17.9 Å². The summed E-state index contributed by atoms with van der Waals surface area (Å²) in [6.07, 6.45) is 16.0. The van der Waals surface area contributed by atoms with Gasteiger partial charge in [0, 0.05) is 42.8 Å². The Labute approximate surface area is 282 Å². The van der Waals surface area contributed by atoms with Gasteiger partial charge in [-0.05, 0) is 58.7 Å². The van der Waals surface area contributed by atoms with Crippen molar-refractivity contribution in [2.45, 2.75) is 24.4 Å². The zero-order valence-electron chi connectivity index (χ0n) is 26.0. The zero-order valence-corrected chi connectivity index (χ0v) is 26.8. The van der Waals surface area contributed by atoms with Crippen LogP contribution >= 0.6 is 11.3 Å². The Balaban J connectivity index is 1.14. The minimum Gasteiger partial charge on any atom is -0.485 e. The van der Waals surface area contributed by atoms with Crippen LogP contribution in [0.25, 0.3) is 59.3 Å². The molecule has 2 aliphatic carbocycles. The summed E-state index contributed by atoms with van der Waals surface area (Å²) in [7, 11) is 0. The molecule has 0 radical (unpaired) electrons. The summed E-state index contributed by atoms with van der Waals surface area (Å²) < 4.78 is 8.89. The molecule has 0 saturated heterocycles. The fraction of sp³-hybridized carbons (Fsp3) is 0.0930. The largest absolute Gasteiger partial charge is 0.485 e. The molecule has 4 nitrogen and oxygen atoms in total. The summed E-state index contributed by atoms with van der Waals surface area (Å²) in [4.78, 5) is 15.5. The molecule has 0 amide bonds. The number of hydrogen-bond acceptors (Lipinski definition) is 5. The van der Waals surface area contributed by atoms with Gasteiger partial charge in [0.15, 0.2) is 11.6 Å². The van der Waals surface area contributed by atoms with Crippen LogP contribution in [0.5, 0.6) is 5.75 Å². The molecule has 3 unspecified atom stereocenters. The predicted molar refractivity (Wildman–Crippen MR) is 197 cm³/mol. The summed E-state index contributed by atoms with van der Waals surface area (Å²) in [5, 5.41) is 4.85. The Morgan fingerprint density at radius 1 is 0.625 bits per heavy atom. The molecular formula is C43H29N3OS. The smallest absolute Gasteiger partial charge is 0.164 e. The Morgan fingerprint density at radius 3 is 2.29 bits per heavy atom. The lowest BCUT2D eigenvalue weighted by atomic mass is 9.79. The van der Waals surface area contributed by atoms with E-state index in [1.165, 1.54) is 42.3 Å². The Kier molecular flexibility index (Phi) is 6.27. The van der Waals surface area contributed by atoms with Crippen LogP contribution in [0.3, 0.4) is 0 Å².